The third-order valence-electron chi connectivity index (χ3n) is 3.35. The minimum absolute atomic E-state index is 0.0116. The van der Waals surface area contributed by atoms with Crippen LogP contribution in [0.25, 0.3) is 0 Å². The third kappa shape index (κ3) is 5.23. The Balaban J connectivity index is 2.68. The predicted octanol–water partition coefficient (Wildman–Crippen LogP) is 2.90. The Kier molecular flexibility index (Phi) is 6.42. The quantitative estimate of drug-likeness (QED) is 0.725. The molecular formula is C15H23FN2O3. The molecule has 0 radical (unpaired) electrons. The summed E-state index contributed by atoms with van der Waals surface area (Å²) in [4.78, 5) is 11.9. The van der Waals surface area contributed by atoms with E-state index < -0.39 is 17.4 Å². The molecule has 118 valence electrons. The van der Waals surface area contributed by atoms with E-state index in [1.54, 1.807) is 13.0 Å². The first-order valence-electron chi connectivity index (χ1n) is 7.06. The Morgan fingerprint density at radius 2 is 2.14 bits per heavy atom. The van der Waals surface area contributed by atoms with Gasteiger partial charge in [0.1, 0.15) is 0 Å². The van der Waals surface area contributed by atoms with Gasteiger partial charge in [-0.25, -0.2) is 9.18 Å². The zero-order valence-electron chi connectivity index (χ0n) is 12.7. The number of halogens is 1. The Morgan fingerprint density at radius 1 is 1.43 bits per heavy atom. The van der Waals surface area contributed by atoms with Crippen LogP contribution in [0, 0.1) is 5.82 Å². The van der Waals surface area contributed by atoms with Crippen molar-refractivity contribution in [2.75, 3.05) is 18.5 Å². The number of anilines is 1. The molecule has 0 heterocycles. The highest BCUT2D eigenvalue weighted by molar-refractivity contribution is 5.89. The molecule has 0 saturated carbocycles. The van der Waals surface area contributed by atoms with Crippen molar-refractivity contribution >= 4 is 11.7 Å². The van der Waals surface area contributed by atoms with Gasteiger partial charge in [0.05, 0.1) is 6.61 Å². The molecule has 0 aliphatic rings. The second-order valence-electron chi connectivity index (χ2n) is 5.05. The molecule has 1 rings (SSSR count). The van der Waals surface area contributed by atoms with E-state index in [0.717, 1.165) is 0 Å². The van der Waals surface area contributed by atoms with Gasteiger partial charge in [-0.05, 0) is 38.8 Å². The Morgan fingerprint density at radius 3 is 2.67 bits per heavy atom. The summed E-state index contributed by atoms with van der Waals surface area (Å²) >= 11 is 0. The van der Waals surface area contributed by atoms with Crippen LogP contribution in [0.15, 0.2) is 18.2 Å². The molecule has 0 aliphatic carbocycles. The highest BCUT2D eigenvalue weighted by Crippen LogP contribution is 2.21. The molecule has 1 aromatic carbocycles. The number of rotatable bonds is 7. The van der Waals surface area contributed by atoms with Gasteiger partial charge in [-0.1, -0.05) is 6.92 Å². The summed E-state index contributed by atoms with van der Waals surface area (Å²) in [6.07, 6.45) is 1.13. The number of amides is 2. The summed E-state index contributed by atoms with van der Waals surface area (Å²) in [5.74, 6) is -0.370. The van der Waals surface area contributed by atoms with Crippen LogP contribution in [0.5, 0.6) is 5.75 Å². The molecule has 5 nitrogen and oxygen atoms in total. The molecular weight excluding hydrogens is 275 g/mol. The number of ether oxygens (including phenoxy) is 1. The van der Waals surface area contributed by atoms with Crippen molar-refractivity contribution in [2.24, 2.45) is 0 Å². The molecule has 6 heteroatoms. The summed E-state index contributed by atoms with van der Waals surface area (Å²) in [6.45, 7) is 5.91. The SMILES string of the molecule is CCOc1ccc(NC(=O)NC(C)(CC)CCO)cc1F. The topological polar surface area (TPSA) is 70.6 Å². The Bertz CT molecular complexity index is 482. The average Bonchev–Trinajstić information content (AvgIpc) is 2.42. The highest BCUT2D eigenvalue weighted by Gasteiger charge is 2.23. The lowest BCUT2D eigenvalue weighted by Crippen LogP contribution is -2.48. The van der Waals surface area contributed by atoms with Crippen LogP contribution >= 0.6 is 0 Å². The van der Waals surface area contributed by atoms with Crippen LogP contribution in [0.3, 0.4) is 0 Å². The van der Waals surface area contributed by atoms with Crippen molar-refractivity contribution in [1.82, 2.24) is 5.32 Å². The van der Waals surface area contributed by atoms with Crippen molar-refractivity contribution in [3.63, 3.8) is 0 Å². The van der Waals surface area contributed by atoms with Gasteiger partial charge in [-0.15, -0.1) is 0 Å². The van der Waals surface area contributed by atoms with Gasteiger partial charge in [0.2, 0.25) is 0 Å². The molecule has 0 fully saturated rings. The van der Waals surface area contributed by atoms with Gasteiger partial charge >= 0.3 is 6.03 Å². The van der Waals surface area contributed by atoms with Crippen molar-refractivity contribution in [3.8, 4) is 5.75 Å². The van der Waals surface area contributed by atoms with Gasteiger partial charge in [0.15, 0.2) is 11.6 Å². The molecule has 0 saturated heterocycles. The molecule has 0 spiro atoms. The van der Waals surface area contributed by atoms with Gasteiger partial charge in [-0.3, -0.25) is 0 Å². The van der Waals surface area contributed by atoms with E-state index in [1.807, 2.05) is 13.8 Å². The van der Waals surface area contributed by atoms with E-state index in [9.17, 15) is 9.18 Å². The van der Waals surface area contributed by atoms with Gasteiger partial charge in [-0.2, -0.15) is 0 Å². The lowest BCUT2D eigenvalue weighted by molar-refractivity contribution is 0.208. The number of hydrogen-bond donors (Lipinski definition) is 3. The third-order valence-corrected chi connectivity index (χ3v) is 3.35. The maximum Gasteiger partial charge on any atom is 0.319 e. The summed E-state index contributed by atoms with van der Waals surface area (Å²) in [5.41, 5.74) is -0.154. The van der Waals surface area contributed by atoms with E-state index in [2.05, 4.69) is 10.6 Å². The van der Waals surface area contributed by atoms with Crippen molar-refractivity contribution in [3.05, 3.63) is 24.0 Å². The molecule has 0 aliphatic heterocycles. The second kappa shape index (κ2) is 7.83. The van der Waals surface area contributed by atoms with Crippen molar-refractivity contribution < 1.29 is 19.0 Å². The summed E-state index contributed by atoms with van der Waals surface area (Å²) < 4.78 is 18.8. The molecule has 1 unspecified atom stereocenters. The number of urea groups is 1. The second-order valence-corrected chi connectivity index (χ2v) is 5.05. The van der Waals surface area contributed by atoms with Crippen LogP contribution in [-0.2, 0) is 0 Å². The van der Waals surface area contributed by atoms with Gasteiger partial charge < -0.3 is 20.5 Å². The first kappa shape index (κ1) is 17.2. The predicted molar refractivity (Wildman–Crippen MR) is 80.1 cm³/mol. The first-order chi connectivity index (χ1) is 9.94. The number of carbonyl (C=O) groups is 1. The fraction of sp³-hybridized carbons (Fsp3) is 0.533. The van der Waals surface area contributed by atoms with E-state index in [1.165, 1.54) is 12.1 Å². The normalized spacial score (nSPS) is 13.4. The summed E-state index contributed by atoms with van der Waals surface area (Å²) in [6, 6.07) is 3.82. The molecule has 0 aromatic heterocycles. The Hall–Kier alpha value is -1.82. The van der Waals surface area contributed by atoms with Crippen LogP contribution in [0.1, 0.15) is 33.6 Å². The van der Waals surface area contributed by atoms with Crippen LogP contribution < -0.4 is 15.4 Å². The zero-order chi connectivity index (χ0) is 15.9. The summed E-state index contributed by atoms with van der Waals surface area (Å²) in [7, 11) is 0. The molecule has 2 amide bonds. The largest absolute Gasteiger partial charge is 0.491 e. The average molecular weight is 298 g/mol. The van der Waals surface area contributed by atoms with Crippen molar-refractivity contribution in [2.45, 2.75) is 39.2 Å². The van der Waals surface area contributed by atoms with E-state index in [4.69, 9.17) is 9.84 Å². The monoisotopic (exact) mass is 298 g/mol. The standard InChI is InChI=1S/C15H23FN2O3/c1-4-15(3,8-9-19)18-14(20)17-11-6-7-13(21-5-2)12(16)10-11/h6-7,10,19H,4-5,8-9H2,1-3H3,(H2,17,18,20). The van der Waals surface area contributed by atoms with Crippen LogP contribution in [-0.4, -0.2) is 29.9 Å². The molecule has 1 atom stereocenters. The Labute approximate surface area is 124 Å². The highest BCUT2D eigenvalue weighted by atomic mass is 19.1. The minimum atomic E-state index is -0.525. The molecule has 21 heavy (non-hydrogen) atoms. The maximum atomic E-state index is 13.7. The zero-order valence-corrected chi connectivity index (χ0v) is 12.7. The first-order valence-corrected chi connectivity index (χ1v) is 7.06. The summed E-state index contributed by atoms with van der Waals surface area (Å²) in [5, 5.41) is 14.4. The van der Waals surface area contributed by atoms with E-state index in [-0.39, 0.29) is 12.4 Å². The number of benzene rings is 1. The molecule has 3 N–H and O–H groups in total. The number of nitrogens with one attached hydrogen (secondary N) is 2. The lowest BCUT2D eigenvalue weighted by Gasteiger charge is -2.29. The van der Waals surface area contributed by atoms with E-state index >= 15 is 0 Å². The van der Waals surface area contributed by atoms with E-state index in [0.29, 0.717) is 25.1 Å². The number of hydrogen-bond acceptors (Lipinski definition) is 3. The van der Waals surface area contributed by atoms with Gasteiger partial charge in [0, 0.05) is 23.9 Å². The number of aliphatic hydroxyl groups is 1. The van der Waals surface area contributed by atoms with Crippen LogP contribution in [0.2, 0.25) is 0 Å². The number of carbonyl (C=O) groups excluding carboxylic acids is 1. The fourth-order valence-electron chi connectivity index (χ4n) is 1.86. The molecule has 0 bridgehead atoms. The van der Waals surface area contributed by atoms with Crippen LogP contribution in [0.4, 0.5) is 14.9 Å². The van der Waals surface area contributed by atoms with Gasteiger partial charge in [0.25, 0.3) is 0 Å². The fourth-order valence-corrected chi connectivity index (χ4v) is 1.86. The smallest absolute Gasteiger partial charge is 0.319 e. The minimum Gasteiger partial charge on any atom is -0.491 e. The van der Waals surface area contributed by atoms with Crippen molar-refractivity contribution in [1.29, 1.82) is 0 Å². The maximum absolute atomic E-state index is 13.7. The molecule has 1 aromatic rings. The lowest BCUT2D eigenvalue weighted by atomic mass is 9.95. The number of aliphatic hydroxyl groups excluding tert-OH is 1.